The molecule has 4 aromatic heterocycles. The van der Waals surface area contributed by atoms with Crippen LogP contribution in [0.5, 0.6) is 0 Å². The molecule has 5 heteroatoms. The average Bonchev–Trinajstić information content (AvgIpc) is 3.24. The van der Waals surface area contributed by atoms with Gasteiger partial charge in [-0.05, 0) is 41.8 Å². The second-order valence-electron chi connectivity index (χ2n) is 7.29. The number of rotatable bonds is 2. The van der Waals surface area contributed by atoms with Crippen LogP contribution in [0.25, 0.3) is 44.6 Å². The van der Waals surface area contributed by atoms with Crippen LogP contribution in [0.15, 0.2) is 102 Å². The summed E-state index contributed by atoms with van der Waals surface area (Å²) in [6.45, 7) is 2.03. The molecule has 0 saturated heterocycles. The molecular weight excluding hydrogens is 587 g/mol. The molecule has 0 aliphatic carbocycles. The summed E-state index contributed by atoms with van der Waals surface area (Å²) in [6.07, 6.45) is 5.36. The summed E-state index contributed by atoms with van der Waals surface area (Å²) in [5.74, 6) is 0. The second kappa shape index (κ2) is 10.3. The molecule has 0 saturated carbocycles. The average molecular weight is 606 g/mol. The Kier molecular flexibility index (Phi) is 7.04. The van der Waals surface area contributed by atoms with Crippen molar-refractivity contribution in [2.45, 2.75) is 6.92 Å². The van der Waals surface area contributed by atoms with Crippen molar-refractivity contribution in [2.75, 3.05) is 0 Å². The van der Waals surface area contributed by atoms with E-state index in [1.54, 1.807) is 12.4 Å². The van der Waals surface area contributed by atoms with Crippen LogP contribution >= 0.6 is 0 Å². The summed E-state index contributed by atoms with van der Waals surface area (Å²) in [4.78, 5) is 13.0. The number of aromatic nitrogens is 3. The van der Waals surface area contributed by atoms with Crippen LogP contribution in [0.4, 0.5) is 0 Å². The Morgan fingerprint density at radius 1 is 0.697 bits per heavy atom. The summed E-state index contributed by atoms with van der Waals surface area (Å²) < 4.78 is 5.75. The van der Waals surface area contributed by atoms with E-state index in [9.17, 15) is 0 Å². The standard InChI is InChI=1S/C16H9N2O.C12H10N.Ir/c1-2-7-15-11(5-1)12-9-14(18-10-16(12)19-15)13-6-3-4-8-17-13;1-10-7-8-12(13-9-10)11-5-3-2-4-6-11;/h1-5,7-10H;2-5,7-9H,1H3;/q2*-1;. The molecule has 0 amide bonds. The number of hydrogen-bond acceptors (Lipinski definition) is 4. The van der Waals surface area contributed by atoms with E-state index < -0.39 is 0 Å². The normalized spacial score (nSPS) is 10.3. The maximum absolute atomic E-state index is 5.75. The van der Waals surface area contributed by atoms with Gasteiger partial charge in [-0.25, -0.2) is 0 Å². The summed E-state index contributed by atoms with van der Waals surface area (Å²) in [5.41, 5.74) is 6.42. The molecule has 2 aromatic carbocycles. The maximum atomic E-state index is 5.75. The van der Waals surface area contributed by atoms with E-state index in [4.69, 9.17) is 4.42 Å². The molecule has 6 rings (SSSR count). The fourth-order valence-electron chi connectivity index (χ4n) is 3.41. The van der Waals surface area contributed by atoms with E-state index in [0.717, 1.165) is 44.6 Å². The van der Waals surface area contributed by atoms with Crippen LogP contribution in [0.3, 0.4) is 0 Å². The SMILES string of the molecule is Cc1ccc(-c2[c-]cccc2)nc1.[Ir].[c-]1cccnc1-c1cc2c(cn1)oc1ccccc12. The molecule has 163 valence electrons. The van der Waals surface area contributed by atoms with Gasteiger partial charge in [0.15, 0.2) is 5.58 Å². The zero-order valence-corrected chi connectivity index (χ0v) is 20.2. The molecule has 4 nitrogen and oxygen atoms in total. The number of para-hydroxylation sites is 1. The van der Waals surface area contributed by atoms with Crippen molar-refractivity contribution in [1.29, 1.82) is 0 Å². The van der Waals surface area contributed by atoms with Gasteiger partial charge >= 0.3 is 0 Å². The van der Waals surface area contributed by atoms with Crippen molar-refractivity contribution in [1.82, 2.24) is 15.0 Å². The Morgan fingerprint density at radius 2 is 1.52 bits per heavy atom. The number of aryl methyl sites for hydroxylation is 1. The Labute approximate surface area is 205 Å². The van der Waals surface area contributed by atoms with Crippen molar-refractivity contribution in [3.63, 3.8) is 0 Å². The van der Waals surface area contributed by atoms with Crippen molar-refractivity contribution >= 4 is 21.9 Å². The Balaban J connectivity index is 0.000000164. The largest absolute Gasteiger partial charge is 0.455 e. The topological polar surface area (TPSA) is 51.8 Å². The first-order chi connectivity index (χ1) is 15.8. The molecule has 0 fully saturated rings. The van der Waals surface area contributed by atoms with E-state index >= 15 is 0 Å². The minimum atomic E-state index is 0. The van der Waals surface area contributed by atoms with E-state index in [-0.39, 0.29) is 20.1 Å². The van der Waals surface area contributed by atoms with Gasteiger partial charge in [-0.15, -0.1) is 42.0 Å². The minimum Gasteiger partial charge on any atom is -0.455 e. The third kappa shape index (κ3) is 5.06. The third-order valence-electron chi connectivity index (χ3n) is 5.01. The first kappa shape index (κ1) is 22.5. The molecule has 0 N–H and O–H groups in total. The van der Waals surface area contributed by atoms with Crippen molar-refractivity contribution in [3.05, 3.63) is 115 Å². The molecular formula is C28H19IrN3O-2. The first-order valence-electron chi connectivity index (χ1n) is 10.3. The molecule has 0 bridgehead atoms. The van der Waals surface area contributed by atoms with Crippen molar-refractivity contribution < 1.29 is 24.5 Å². The summed E-state index contributed by atoms with van der Waals surface area (Å²) in [7, 11) is 0. The van der Waals surface area contributed by atoms with E-state index in [1.807, 2.05) is 85.9 Å². The monoisotopic (exact) mass is 606 g/mol. The van der Waals surface area contributed by atoms with Gasteiger partial charge in [-0.3, -0.25) is 4.98 Å². The van der Waals surface area contributed by atoms with Gasteiger partial charge in [0.1, 0.15) is 5.58 Å². The van der Waals surface area contributed by atoms with E-state index in [2.05, 4.69) is 33.2 Å². The third-order valence-corrected chi connectivity index (χ3v) is 5.01. The van der Waals surface area contributed by atoms with Crippen LogP contribution in [0, 0.1) is 19.1 Å². The fourth-order valence-corrected chi connectivity index (χ4v) is 3.41. The zero-order valence-electron chi connectivity index (χ0n) is 17.8. The molecule has 33 heavy (non-hydrogen) atoms. The predicted octanol–water partition coefficient (Wildman–Crippen LogP) is 6.70. The molecule has 0 aliphatic heterocycles. The molecule has 0 atom stereocenters. The van der Waals surface area contributed by atoms with Crippen LogP contribution in [-0.2, 0) is 20.1 Å². The summed E-state index contributed by atoms with van der Waals surface area (Å²) >= 11 is 0. The Hall–Kier alpha value is -3.66. The van der Waals surface area contributed by atoms with Crippen LogP contribution < -0.4 is 0 Å². The quantitative estimate of drug-likeness (QED) is 0.206. The van der Waals surface area contributed by atoms with Gasteiger partial charge in [0.25, 0.3) is 0 Å². The maximum Gasteiger partial charge on any atom is 0.151 e. The van der Waals surface area contributed by atoms with Gasteiger partial charge in [0.2, 0.25) is 0 Å². The number of furan rings is 1. The Morgan fingerprint density at radius 3 is 2.27 bits per heavy atom. The smallest absolute Gasteiger partial charge is 0.151 e. The van der Waals surface area contributed by atoms with Gasteiger partial charge in [0, 0.05) is 37.1 Å². The second-order valence-corrected chi connectivity index (χ2v) is 7.29. The molecule has 1 radical (unpaired) electrons. The van der Waals surface area contributed by atoms with Crippen LogP contribution in [0.1, 0.15) is 5.56 Å². The first-order valence-corrected chi connectivity index (χ1v) is 10.3. The van der Waals surface area contributed by atoms with Crippen LogP contribution in [0.2, 0.25) is 0 Å². The molecule has 0 unspecified atom stereocenters. The van der Waals surface area contributed by atoms with Crippen LogP contribution in [-0.4, -0.2) is 15.0 Å². The number of benzene rings is 2. The number of hydrogen-bond donors (Lipinski definition) is 0. The van der Waals surface area contributed by atoms with E-state index in [0.29, 0.717) is 0 Å². The van der Waals surface area contributed by atoms with Gasteiger partial charge in [0.05, 0.1) is 6.20 Å². The summed E-state index contributed by atoms with van der Waals surface area (Å²) in [5, 5.41) is 2.15. The molecule has 0 aliphatic rings. The van der Waals surface area contributed by atoms with E-state index in [1.165, 1.54) is 5.56 Å². The van der Waals surface area contributed by atoms with Crippen molar-refractivity contribution in [3.8, 4) is 22.6 Å². The minimum absolute atomic E-state index is 0. The number of fused-ring (bicyclic) bond motifs is 3. The van der Waals surface area contributed by atoms with Gasteiger partial charge in [-0.1, -0.05) is 36.4 Å². The predicted molar refractivity (Wildman–Crippen MR) is 127 cm³/mol. The number of pyridine rings is 3. The molecule has 0 spiro atoms. The molecule has 6 aromatic rings. The Bertz CT molecular complexity index is 1460. The van der Waals surface area contributed by atoms with Gasteiger partial charge < -0.3 is 14.4 Å². The van der Waals surface area contributed by atoms with Crippen molar-refractivity contribution in [2.24, 2.45) is 0 Å². The fraction of sp³-hybridized carbons (Fsp3) is 0.0357. The van der Waals surface area contributed by atoms with Gasteiger partial charge in [-0.2, -0.15) is 12.1 Å². The summed E-state index contributed by atoms with van der Waals surface area (Å²) in [6, 6.07) is 31.8. The molecule has 4 heterocycles. The zero-order chi connectivity index (χ0) is 21.8. The number of nitrogens with zero attached hydrogens (tertiary/aromatic N) is 3.